The summed E-state index contributed by atoms with van der Waals surface area (Å²) in [7, 11) is 0. The number of halogens is 1. The van der Waals surface area contributed by atoms with Gasteiger partial charge in [0.15, 0.2) is 0 Å². The molecule has 1 aliphatic rings. The lowest BCUT2D eigenvalue weighted by atomic mass is 10.0. The predicted molar refractivity (Wildman–Crippen MR) is 94.1 cm³/mol. The van der Waals surface area contributed by atoms with Gasteiger partial charge in [-0.15, -0.1) is 0 Å². The lowest BCUT2D eigenvalue weighted by molar-refractivity contribution is 0.0689. The largest absolute Gasteiger partial charge is 0.478 e. The summed E-state index contributed by atoms with van der Waals surface area (Å²) in [5.41, 5.74) is 2.37. The van der Waals surface area contributed by atoms with Crippen LogP contribution in [0.25, 0.3) is 22.1 Å². The molecule has 3 aromatic rings. The molecule has 0 aliphatic carbocycles. The van der Waals surface area contributed by atoms with Crippen molar-refractivity contribution < 1.29 is 13.5 Å². The van der Waals surface area contributed by atoms with E-state index in [1.54, 1.807) is 18.2 Å². The van der Waals surface area contributed by atoms with Crippen LogP contribution in [-0.2, 0) is 6.54 Å². The smallest absolute Gasteiger partial charge is 0.200 e. The second-order valence-electron chi connectivity index (χ2n) is 6.52. The maximum absolute atomic E-state index is 13.1. The lowest BCUT2D eigenvalue weighted by Gasteiger charge is -2.31. The van der Waals surface area contributed by atoms with Gasteiger partial charge in [-0.25, -0.2) is 4.39 Å². The van der Waals surface area contributed by atoms with E-state index in [2.05, 4.69) is 18.7 Å². The molecule has 25 heavy (non-hydrogen) atoms. The van der Waals surface area contributed by atoms with Gasteiger partial charge in [-0.05, 0) is 43.7 Å². The van der Waals surface area contributed by atoms with Crippen LogP contribution in [0.2, 0.25) is 0 Å². The first kappa shape index (κ1) is 15.8. The van der Waals surface area contributed by atoms with Crippen LogP contribution in [0.3, 0.4) is 0 Å². The van der Waals surface area contributed by atoms with E-state index in [4.69, 9.17) is 9.15 Å². The van der Waals surface area contributed by atoms with Gasteiger partial charge in [-0.1, -0.05) is 12.1 Å². The molecular weight excluding hydrogens is 321 g/mol. The van der Waals surface area contributed by atoms with Crippen LogP contribution in [0.5, 0.6) is 5.75 Å². The van der Waals surface area contributed by atoms with Gasteiger partial charge in [-0.2, -0.15) is 0 Å². The Labute approximate surface area is 144 Å². The molecule has 1 aliphatic heterocycles. The quantitative estimate of drug-likeness (QED) is 0.703. The van der Waals surface area contributed by atoms with Gasteiger partial charge in [0.05, 0.1) is 16.5 Å². The zero-order chi connectivity index (χ0) is 17.6. The van der Waals surface area contributed by atoms with E-state index in [1.807, 2.05) is 6.07 Å². The minimum absolute atomic E-state index is 0.127. The lowest BCUT2D eigenvalue weighted by Crippen LogP contribution is -2.37. The van der Waals surface area contributed by atoms with Crippen molar-refractivity contribution in [2.24, 2.45) is 0 Å². The Hall–Kier alpha value is -2.66. The molecule has 0 N–H and O–H groups in total. The number of rotatable bonds is 2. The summed E-state index contributed by atoms with van der Waals surface area (Å²) in [6.07, 6.45) is 1.45. The molecule has 0 bridgehead atoms. The van der Waals surface area contributed by atoms with Crippen molar-refractivity contribution in [2.75, 3.05) is 6.73 Å². The Balaban J connectivity index is 1.86. The van der Waals surface area contributed by atoms with Gasteiger partial charge in [0.25, 0.3) is 0 Å². The molecule has 4 rings (SSSR count). The van der Waals surface area contributed by atoms with Gasteiger partial charge >= 0.3 is 0 Å². The number of hydrogen-bond donors (Lipinski definition) is 0. The van der Waals surface area contributed by atoms with Crippen LogP contribution in [0.1, 0.15) is 19.4 Å². The van der Waals surface area contributed by atoms with E-state index < -0.39 is 0 Å². The van der Waals surface area contributed by atoms with Crippen molar-refractivity contribution in [3.8, 4) is 16.9 Å². The summed E-state index contributed by atoms with van der Waals surface area (Å²) in [6, 6.07) is 9.71. The van der Waals surface area contributed by atoms with Crippen molar-refractivity contribution in [1.29, 1.82) is 0 Å². The molecule has 0 amide bonds. The van der Waals surface area contributed by atoms with E-state index in [9.17, 15) is 9.18 Å². The fraction of sp³-hybridized carbons (Fsp3) is 0.250. The highest BCUT2D eigenvalue weighted by atomic mass is 19.1. The zero-order valence-corrected chi connectivity index (χ0v) is 14.1. The van der Waals surface area contributed by atoms with Crippen LogP contribution < -0.4 is 10.2 Å². The minimum atomic E-state index is -0.339. The van der Waals surface area contributed by atoms with Gasteiger partial charge in [0.2, 0.25) is 5.43 Å². The molecule has 2 aromatic carbocycles. The Bertz CT molecular complexity index is 992. The first-order valence-electron chi connectivity index (χ1n) is 8.25. The van der Waals surface area contributed by atoms with Gasteiger partial charge < -0.3 is 9.15 Å². The fourth-order valence-corrected chi connectivity index (χ4v) is 3.09. The van der Waals surface area contributed by atoms with Gasteiger partial charge in [0.1, 0.15) is 30.1 Å². The highest BCUT2D eigenvalue weighted by Gasteiger charge is 2.24. The Morgan fingerprint density at radius 1 is 1.12 bits per heavy atom. The van der Waals surface area contributed by atoms with Crippen LogP contribution in [-0.4, -0.2) is 17.7 Å². The van der Waals surface area contributed by atoms with Crippen molar-refractivity contribution in [2.45, 2.75) is 26.4 Å². The highest BCUT2D eigenvalue weighted by molar-refractivity contribution is 5.85. The standard InChI is InChI=1S/C20H18FNO3/c1-12(2)22-9-16-18(25-11-22)8-7-15-19(23)17(10-24-20(15)16)13-3-5-14(21)6-4-13/h3-8,10,12H,9,11H2,1-2H3. The molecule has 0 fully saturated rings. The van der Waals surface area contributed by atoms with Gasteiger partial charge in [0, 0.05) is 12.6 Å². The Morgan fingerprint density at radius 3 is 2.60 bits per heavy atom. The molecule has 0 atom stereocenters. The predicted octanol–water partition coefficient (Wildman–Crippen LogP) is 4.16. The van der Waals surface area contributed by atoms with E-state index >= 15 is 0 Å². The fourth-order valence-electron chi connectivity index (χ4n) is 3.09. The number of benzene rings is 2. The van der Waals surface area contributed by atoms with E-state index in [0.29, 0.717) is 41.4 Å². The second kappa shape index (κ2) is 6.01. The minimum Gasteiger partial charge on any atom is -0.478 e. The third-order valence-corrected chi connectivity index (χ3v) is 4.63. The maximum atomic E-state index is 13.1. The molecule has 0 saturated heterocycles. The van der Waals surface area contributed by atoms with E-state index in [0.717, 1.165) is 11.3 Å². The van der Waals surface area contributed by atoms with Gasteiger partial charge in [-0.3, -0.25) is 9.69 Å². The summed E-state index contributed by atoms with van der Waals surface area (Å²) >= 11 is 0. The average molecular weight is 339 g/mol. The molecule has 0 unspecified atom stereocenters. The van der Waals surface area contributed by atoms with Crippen LogP contribution in [0.4, 0.5) is 4.39 Å². The second-order valence-corrected chi connectivity index (χ2v) is 6.52. The molecule has 2 heterocycles. The van der Waals surface area contributed by atoms with Crippen molar-refractivity contribution >= 4 is 11.0 Å². The highest BCUT2D eigenvalue weighted by Crippen LogP contribution is 2.33. The van der Waals surface area contributed by atoms with Crippen molar-refractivity contribution in [3.05, 3.63) is 64.3 Å². The molecule has 5 heteroatoms. The summed E-state index contributed by atoms with van der Waals surface area (Å²) in [5, 5.41) is 0.509. The Kier molecular flexibility index (Phi) is 3.81. The maximum Gasteiger partial charge on any atom is 0.200 e. The summed E-state index contributed by atoms with van der Waals surface area (Å²) in [5.74, 6) is 0.413. The first-order chi connectivity index (χ1) is 12.0. The summed E-state index contributed by atoms with van der Waals surface area (Å²) in [6.45, 7) is 5.39. The Morgan fingerprint density at radius 2 is 1.88 bits per heavy atom. The SMILES string of the molecule is CC(C)N1COc2ccc3c(=O)c(-c4ccc(F)cc4)coc3c2C1. The first-order valence-corrected chi connectivity index (χ1v) is 8.25. The number of fused-ring (bicyclic) bond motifs is 3. The number of ether oxygens (including phenoxy) is 1. The average Bonchev–Trinajstić information content (AvgIpc) is 2.62. The van der Waals surface area contributed by atoms with Crippen molar-refractivity contribution in [3.63, 3.8) is 0 Å². The molecule has 0 spiro atoms. The van der Waals surface area contributed by atoms with E-state index in [-0.39, 0.29) is 11.2 Å². The summed E-state index contributed by atoms with van der Waals surface area (Å²) < 4.78 is 24.8. The summed E-state index contributed by atoms with van der Waals surface area (Å²) in [4.78, 5) is 15.1. The van der Waals surface area contributed by atoms with Crippen LogP contribution in [0.15, 0.2) is 51.9 Å². The number of hydrogen-bond acceptors (Lipinski definition) is 4. The molecular formula is C20H18FNO3. The number of nitrogens with zero attached hydrogens (tertiary/aromatic N) is 1. The molecule has 0 saturated carbocycles. The van der Waals surface area contributed by atoms with Crippen LogP contribution >= 0.6 is 0 Å². The van der Waals surface area contributed by atoms with Crippen molar-refractivity contribution in [1.82, 2.24) is 4.90 Å². The van der Waals surface area contributed by atoms with E-state index in [1.165, 1.54) is 18.4 Å². The molecule has 0 radical (unpaired) electrons. The normalized spacial score (nSPS) is 14.6. The third-order valence-electron chi connectivity index (χ3n) is 4.63. The molecule has 1 aromatic heterocycles. The monoisotopic (exact) mass is 339 g/mol. The van der Waals surface area contributed by atoms with Crippen LogP contribution in [0, 0.1) is 5.82 Å². The third kappa shape index (κ3) is 2.70. The zero-order valence-electron chi connectivity index (χ0n) is 14.1. The topological polar surface area (TPSA) is 42.7 Å². The molecule has 128 valence electrons. The molecule has 4 nitrogen and oxygen atoms in total.